The average Bonchev–Trinajstić information content (AvgIpc) is 2.92. The Morgan fingerprint density at radius 1 is 1.23 bits per heavy atom. The van der Waals surface area contributed by atoms with Gasteiger partial charge in [0.1, 0.15) is 5.75 Å². The summed E-state index contributed by atoms with van der Waals surface area (Å²) in [5.41, 5.74) is 1.16. The maximum atomic E-state index is 12.4. The van der Waals surface area contributed by atoms with Gasteiger partial charge in [-0.1, -0.05) is 0 Å². The number of carbonyl (C=O) groups excluding carboxylic acids is 1. The predicted molar refractivity (Wildman–Crippen MR) is 90.0 cm³/mol. The van der Waals surface area contributed by atoms with Crippen LogP contribution in [0.25, 0.3) is 0 Å². The molecule has 0 bridgehead atoms. The number of likely N-dealkylation sites (tertiary alicyclic amines) is 1. The van der Waals surface area contributed by atoms with Gasteiger partial charge in [-0.2, -0.15) is 0 Å². The first-order valence-electron chi connectivity index (χ1n) is 7.62. The molecule has 0 atom stereocenters. The van der Waals surface area contributed by atoms with Crippen LogP contribution in [-0.2, 0) is 0 Å². The van der Waals surface area contributed by atoms with Gasteiger partial charge in [0.25, 0.3) is 0 Å². The van der Waals surface area contributed by atoms with Gasteiger partial charge in [-0.15, -0.1) is 12.4 Å². The van der Waals surface area contributed by atoms with Crippen LogP contribution in [0.1, 0.15) is 19.3 Å². The summed E-state index contributed by atoms with van der Waals surface area (Å²) in [4.78, 5) is 14.3. The number of hydrogen-bond acceptors (Lipinski definition) is 3. The summed E-state index contributed by atoms with van der Waals surface area (Å²) in [6.45, 7) is 3.90. The van der Waals surface area contributed by atoms with Crippen LogP contribution in [0.2, 0.25) is 0 Å². The number of anilines is 1. The Labute approximate surface area is 137 Å². The molecule has 2 aliphatic heterocycles. The molecule has 1 spiro atoms. The number of halogens is 1. The molecule has 2 fully saturated rings. The van der Waals surface area contributed by atoms with Gasteiger partial charge in [-0.25, -0.2) is 4.79 Å². The normalized spacial score (nSPS) is 19.6. The summed E-state index contributed by atoms with van der Waals surface area (Å²) >= 11 is 0. The molecule has 22 heavy (non-hydrogen) atoms. The Bertz CT molecular complexity index is 501. The number of piperidine rings is 1. The predicted octanol–water partition coefficient (Wildman–Crippen LogP) is 2.72. The maximum absolute atomic E-state index is 12.4. The molecule has 5 nitrogen and oxygen atoms in total. The molecule has 1 aromatic carbocycles. The Morgan fingerprint density at radius 2 is 1.91 bits per heavy atom. The van der Waals surface area contributed by atoms with Gasteiger partial charge in [0.2, 0.25) is 0 Å². The highest BCUT2D eigenvalue weighted by atomic mass is 35.5. The first kappa shape index (κ1) is 16.9. The molecular formula is C16H24ClN3O2. The lowest BCUT2D eigenvalue weighted by atomic mass is 9.78. The molecule has 2 saturated heterocycles. The highest BCUT2D eigenvalue weighted by Gasteiger charge is 2.40. The number of benzene rings is 1. The van der Waals surface area contributed by atoms with Gasteiger partial charge in [0.15, 0.2) is 0 Å². The van der Waals surface area contributed by atoms with E-state index in [1.807, 2.05) is 29.2 Å². The van der Waals surface area contributed by atoms with Gasteiger partial charge >= 0.3 is 6.03 Å². The number of urea groups is 1. The second kappa shape index (κ2) is 7.20. The van der Waals surface area contributed by atoms with E-state index in [2.05, 4.69) is 10.6 Å². The Balaban J connectivity index is 0.00000176. The fourth-order valence-corrected chi connectivity index (χ4v) is 3.35. The summed E-state index contributed by atoms with van der Waals surface area (Å²) in [7, 11) is 1.64. The van der Waals surface area contributed by atoms with Crippen molar-refractivity contribution in [2.75, 3.05) is 38.6 Å². The number of amides is 2. The van der Waals surface area contributed by atoms with Gasteiger partial charge < -0.3 is 20.3 Å². The van der Waals surface area contributed by atoms with Crippen LogP contribution in [0.4, 0.5) is 10.5 Å². The minimum atomic E-state index is 0. The van der Waals surface area contributed by atoms with Crippen LogP contribution in [0.3, 0.4) is 0 Å². The Morgan fingerprint density at radius 3 is 2.55 bits per heavy atom. The summed E-state index contributed by atoms with van der Waals surface area (Å²) in [5.74, 6) is 0.794. The highest BCUT2D eigenvalue weighted by Crippen LogP contribution is 2.38. The van der Waals surface area contributed by atoms with E-state index in [1.165, 1.54) is 12.8 Å². The number of carbonyl (C=O) groups is 1. The van der Waals surface area contributed by atoms with Gasteiger partial charge in [-0.3, -0.25) is 0 Å². The van der Waals surface area contributed by atoms with E-state index < -0.39 is 0 Å². The van der Waals surface area contributed by atoms with Crippen molar-refractivity contribution in [1.29, 1.82) is 0 Å². The maximum Gasteiger partial charge on any atom is 0.321 e. The molecule has 2 N–H and O–H groups in total. The highest BCUT2D eigenvalue weighted by molar-refractivity contribution is 5.89. The number of methoxy groups -OCH3 is 1. The van der Waals surface area contributed by atoms with Crippen LogP contribution < -0.4 is 15.4 Å². The van der Waals surface area contributed by atoms with Crippen molar-refractivity contribution >= 4 is 24.1 Å². The fourth-order valence-electron chi connectivity index (χ4n) is 3.35. The van der Waals surface area contributed by atoms with Crippen LogP contribution in [0.5, 0.6) is 5.75 Å². The number of rotatable bonds is 2. The summed E-state index contributed by atoms with van der Waals surface area (Å²) in [6.07, 6.45) is 3.49. The third kappa shape index (κ3) is 3.65. The summed E-state index contributed by atoms with van der Waals surface area (Å²) < 4.78 is 5.12. The zero-order chi connectivity index (χ0) is 14.7. The topological polar surface area (TPSA) is 53.6 Å². The largest absolute Gasteiger partial charge is 0.497 e. The van der Waals surface area contributed by atoms with E-state index >= 15 is 0 Å². The van der Waals surface area contributed by atoms with E-state index in [0.717, 1.165) is 44.0 Å². The van der Waals surface area contributed by atoms with Crippen molar-refractivity contribution in [3.05, 3.63) is 24.3 Å². The minimum Gasteiger partial charge on any atom is -0.497 e. The van der Waals surface area contributed by atoms with E-state index in [-0.39, 0.29) is 18.4 Å². The van der Waals surface area contributed by atoms with Crippen molar-refractivity contribution in [2.45, 2.75) is 19.3 Å². The number of nitrogens with zero attached hydrogens (tertiary/aromatic N) is 1. The lowest BCUT2D eigenvalue weighted by Gasteiger charge is -2.33. The first-order valence-corrected chi connectivity index (χ1v) is 7.62. The SMILES string of the molecule is COc1ccc(NC(=O)N2CCC3(CCNCC3)C2)cc1.Cl. The van der Waals surface area contributed by atoms with E-state index in [1.54, 1.807) is 7.11 Å². The Hall–Kier alpha value is -1.46. The number of ether oxygens (including phenoxy) is 1. The zero-order valence-corrected chi connectivity index (χ0v) is 13.7. The molecule has 0 radical (unpaired) electrons. The van der Waals surface area contributed by atoms with Crippen molar-refractivity contribution in [1.82, 2.24) is 10.2 Å². The zero-order valence-electron chi connectivity index (χ0n) is 12.9. The van der Waals surface area contributed by atoms with Crippen molar-refractivity contribution in [3.63, 3.8) is 0 Å². The van der Waals surface area contributed by atoms with E-state index in [9.17, 15) is 4.79 Å². The molecule has 6 heteroatoms. The third-order valence-electron chi connectivity index (χ3n) is 4.73. The van der Waals surface area contributed by atoms with Crippen molar-refractivity contribution in [2.24, 2.45) is 5.41 Å². The van der Waals surface area contributed by atoms with Crippen LogP contribution >= 0.6 is 12.4 Å². The first-order chi connectivity index (χ1) is 10.2. The summed E-state index contributed by atoms with van der Waals surface area (Å²) in [5, 5.41) is 6.37. The van der Waals surface area contributed by atoms with Gasteiger partial charge in [0.05, 0.1) is 7.11 Å². The number of nitrogens with one attached hydrogen (secondary N) is 2. The lowest BCUT2D eigenvalue weighted by Crippen LogP contribution is -2.40. The van der Waals surface area contributed by atoms with Crippen LogP contribution in [0.15, 0.2) is 24.3 Å². The monoisotopic (exact) mass is 325 g/mol. The minimum absolute atomic E-state index is 0. The van der Waals surface area contributed by atoms with Crippen molar-refractivity contribution < 1.29 is 9.53 Å². The second-order valence-corrected chi connectivity index (χ2v) is 6.08. The molecule has 2 amide bonds. The molecule has 0 aromatic heterocycles. The molecule has 2 heterocycles. The average molecular weight is 326 g/mol. The molecule has 1 aromatic rings. The second-order valence-electron chi connectivity index (χ2n) is 6.08. The molecule has 2 aliphatic rings. The molecule has 0 saturated carbocycles. The Kier molecular flexibility index (Phi) is 5.53. The quantitative estimate of drug-likeness (QED) is 0.879. The van der Waals surface area contributed by atoms with Gasteiger partial charge in [0, 0.05) is 18.8 Å². The molecule has 3 rings (SSSR count). The summed E-state index contributed by atoms with van der Waals surface area (Å²) in [6, 6.07) is 7.46. The van der Waals surface area contributed by atoms with Crippen LogP contribution in [0, 0.1) is 5.41 Å². The molecule has 0 unspecified atom stereocenters. The van der Waals surface area contributed by atoms with Crippen molar-refractivity contribution in [3.8, 4) is 5.75 Å². The molecular weight excluding hydrogens is 302 g/mol. The molecule has 122 valence electrons. The van der Waals surface area contributed by atoms with E-state index in [4.69, 9.17) is 4.74 Å². The fraction of sp³-hybridized carbons (Fsp3) is 0.562. The molecule has 0 aliphatic carbocycles. The standard InChI is InChI=1S/C16H23N3O2.ClH/c1-21-14-4-2-13(3-5-14)18-15(20)19-11-8-16(12-19)6-9-17-10-7-16;/h2-5,17H,6-12H2,1H3,(H,18,20);1H. The third-order valence-corrected chi connectivity index (χ3v) is 4.73. The van der Waals surface area contributed by atoms with Gasteiger partial charge in [-0.05, 0) is 62.0 Å². The van der Waals surface area contributed by atoms with E-state index in [0.29, 0.717) is 5.41 Å². The van der Waals surface area contributed by atoms with Crippen LogP contribution in [-0.4, -0.2) is 44.2 Å². The number of hydrogen-bond donors (Lipinski definition) is 2. The smallest absolute Gasteiger partial charge is 0.321 e. The lowest BCUT2D eigenvalue weighted by molar-refractivity contribution is 0.191.